The van der Waals surface area contributed by atoms with Gasteiger partial charge in [0, 0.05) is 18.9 Å². The van der Waals surface area contributed by atoms with Crippen LogP contribution < -0.4 is 4.90 Å². The second-order valence-electron chi connectivity index (χ2n) is 10.8. The lowest BCUT2D eigenvalue weighted by molar-refractivity contribution is -0.122. The molecule has 3 aromatic rings. The predicted molar refractivity (Wildman–Crippen MR) is 152 cm³/mol. The Bertz CT molecular complexity index is 1600. The molecule has 2 amide bonds. The molecule has 1 aliphatic carbocycles. The van der Waals surface area contributed by atoms with Crippen LogP contribution in [-0.4, -0.2) is 37.7 Å². The number of anilines is 1. The van der Waals surface area contributed by atoms with Gasteiger partial charge >= 0.3 is 0 Å². The Morgan fingerprint density at radius 2 is 1.45 bits per heavy atom. The number of sulfonamides is 1. The van der Waals surface area contributed by atoms with Crippen LogP contribution >= 0.6 is 0 Å². The number of benzene rings is 3. The van der Waals surface area contributed by atoms with Crippen LogP contribution in [-0.2, 0) is 24.3 Å². The van der Waals surface area contributed by atoms with E-state index in [9.17, 15) is 18.0 Å². The predicted octanol–water partition coefficient (Wildman–Crippen LogP) is 5.17. The summed E-state index contributed by atoms with van der Waals surface area (Å²) in [5, 5.41) is 0. The Kier molecular flexibility index (Phi) is 6.63. The molecule has 0 aromatic heterocycles. The van der Waals surface area contributed by atoms with Gasteiger partial charge in [-0.2, -0.15) is 4.31 Å². The minimum absolute atomic E-state index is 0.0868. The summed E-state index contributed by atoms with van der Waals surface area (Å²) in [4.78, 5) is 29.2. The van der Waals surface area contributed by atoms with Gasteiger partial charge in [0.2, 0.25) is 21.8 Å². The molecule has 0 bridgehead atoms. The van der Waals surface area contributed by atoms with E-state index in [0.717, 1.165) is 22.3 Å². The second kappa shape index (κ2) is 10.0. The maximum Gasteiger partial charge on any atom is 0.243 e. The first-order chi connectivity index (χ1) is 19.2. The molecule has 0 N–H and O–H groups in total. The maximum absolute atomic E-state index is 14.2. The maximum atomic E-state index is 14.2. The van der Waals surface area contributed by atoms with E-state index in [1.165, 1.54) is 9.21 Å². The molecule has 0 radical (unpaired) electrons. The lowest BCUT2D eigenvalue weighted by atomic mass is 9.71. The number of amides is 2. The topological polar surface area (TPSA) is 84.0 Å². The third-order valence-electron chi connectivity index (χ3n) is 8.35. The fourth-order valence-electron chi connectivity index (χ4n) is 6.48. The fourth-order valence-corrected chi connectivity index (χ4v) is 8.10. The molecule has 0 unspecified atom stereocenters. The normalized spacial score (nSPS) is 24.8. The van der Waals surface area contributed by atoms with Crippen molar-refractivity contribution in [1.82, 2.24) is 4.31 Å². The van der Waals surface area contributed by atoms with Crippen LogP contribution in [0.15, 0.2) is 95.1 Å². The number of carbonyl (C=O) groups excluding carboxylic acids is 2. The molecule has 0 saturated carbocycles. The van der Waals surface area contributed by atoms with E-state index in [0.29, 0.717) is 18.1 Å². The van der Waals surface area contributed by atoms with E-state index in [4.69, 9.17) is 4.74 Å². The number of hydrogen-bond donors (Lipinski definition) is 0. The number of carbonyl (C=O) groups is 2. The van der Waals surface area contributed by atoms with Crippen molar-refractivity contribution in [1.29, 1.82) is 0 Å². The summed E-state index contributed by atoms with van der Waals surface area (Å²) in [5.41, 5.74) is 4.15. The Labute approximate surface area is 235 Å². The minimum atomic E-state index is -3.95. The van der Waals surface area contributed by atoms with Crippen molar-refractivity contribution in [3.05, 3.63) is 107 Å². The monoisotopic (exact) mass is 556 g/mol. The van der Waals surface area contributed by atoms with E-state index >= 15 is 0 Å². The highest BCUT2D eigenvalue weighted by molar-refractivity contribution is 7.89. The number of imide groups is 1. The number of nitrogens with zero attached hydrogens (tertiary/aromatic N) is 2. The third kappa shape index (κ3) is 4.17. The molecule has 2 heterocycles. The summed E-state index contributed by atoms with van der Waals surface area (Å²) in [6.45, 7) is 6.24. The SMILES string of the molecule is CCOC1=C2[C@H](CN(S(=O)(=O)c3ccc(C)cc3)[C@@H]2c2ccc(C)cc2)[C@@H]2C(=O)N(c3ccccc3)C(=O)[C@@H]2C1. The Morgan fingerprint density at radius 1 is 0.825 bits per heavy atom. The van der Waals surface area contributed by atoms with E-state index in [-0.39, 0.29) is 29.7 Å². The van der Waals surface area contributed by atoms with Gasteiger partial charge in [-0.05, 0) is 56.2 Å². The van der Waals surface area contributed by atoms with Gasteiger partial charge in [0.15, 0.2) is 0 Å². The van der Waals surface area contributed by atoms with Gasteiger partial charge in [0.25, 0.3) is 0 Å². The molecular formula is C32H32N2O5S. The molecule has 206 valence electrons. The average molecular weight is 557 g/mol. The van der Waals surface area contributed by atoms with E-state index in [1.54, 1.807) is 48.5 Å². The van der Waals surface area contributed by atoms with Crippen LogP contribution in [0.5, 0.6) is 0 Å². The number of hydrogen-bond acceptors (Lipinski definition) is 5. The van der Waals surface area contributed by atoms with Crippen molar-refractivity contribution < 1.29 is 22.7 Å². The zero-order chi connectivity index (χ0) is 28.2. The van der Waals surface area contributed by atoms with Crippen molar-refractivity contribution in [3.63, 3.8) is 0 Å². The molecule has 8 heteroatoms. The molecule has 2 saturated heterocycles. The van der Waals surface area contributed by atoms with Crippen molar-refractivity contribution in [2.24, 2.45) is 17.8 Å². The molecule has 2 aliphatic heterocycles. The molecule has 3 aromatic carbocycles. The minimum Gasteiger partial charge on any atom is -0.498 e. The Morgan fingerprint density at radius 3 is 2.08 bits per heavy atom. The van der Waals surface area contributed by atoms with Crippen LogP contribution in [0.2, 0.25) is 0 Å². The van der Waals surface area contributed by atoms with Crippen LogP contribution in [0.3, 0.4) is 0 Å². The summed E-state index contributed by atoms with van der Waals surface area (Å²) >= 11 is 0. The first-order valence-corrected chi connectivity index (χ1v) is 15.1. The van der Waals surface area contributed by atoms with Gasteiger partial charge in [-0.1, -0.05) is 65.7 Å². The lowest BCUT2D eigenvalue weighted by Gasteiger charge is -2.32. The zero-order valence-electron chi connectivity index (χ0n) is 22.8. The molecule has 6 rings (SSSR count). The highest BCUT2D eigenvalue weighted by Crippen LogP contribution is 2.55. The van der Waals surface area contributed by atoms with E-state index in [1.807, 2.05) is 51.1 Å². The third-order valence-corrected chi connectivity index (χ3v) is 10.2. The van der Waals surface area contributed by atoms with Crippen LogP contribution in [0.25, 0.3) is 0 Å². The van der Waals surface area contributed by atoms with Gasteiger partial charge in [-0.25, -0.2) is 8.42 Å². The number of allylic oxidation sites excluding steroid dienone is 1. The Hall–Kier alpha value is -3.75. The largest absolute Gasteiger partial charge is 0.498 e. The molecule has 2 fully saturated rings. The fraction of sp³-hybridized carbons (Fsp3) is 0.312. The quantitative estimate of drug-likeness (QED) is 0.392. The molecule has 0 spiro atoms. The molecule has 40 heavy (non-hydrogen) atoms. The lowest BCUT2D eigenvalue weighted by Crippen LogP contribution is -2.35. The molecular weight excluding hydrogens is 524 g/mol. The zero-order valence-corrected chi connectivity index (χ0v) is 23.6. The number of fused-ring (bicyclic) bond motifs is 3. The van der Waals surface area contributed by atoms with Crippen molar-refractivity contribution >= 4 is 27.5 Å². The van der Waals surface area contributed by atoms with Crippen molar-refractivity contribution in [2.75, 3.05) is 18.1 Å². The number of para-hydroxylation sites is 1. The molecule has 4 atom stereocenters. The summed E-state index contributed by atoms with van der Waals surface area (Å²) < 4.78 is 36.1. The molecule has 3 aliphatic rings. The van der Waals surface area contributed by atoms with Crippen LogP contribution in [0, 0.1) is 31.6 Å². The molecule has 7 nitrogen and oxygen atoms in total. The highest BCUT2D eigenvalue weighted by Gasteiger charge is 2.60. The number of aryl methyl sites for hydroxylation is 2. The smallest absolute Gasteiger partial charge is 0.243 e. The summed E-state index contributed by atoms with van der Waals surface area (Å²) in [7, 11) is -3.95. The van der Waals surface area contributed by atoms with Crippen molar-refractivity contribution in [3.8, 4) is 0 Å². The van der Waals surface area contributed by atoms with Gasteiger partial charge in [0.05, 0.1) is 40.8 Å². The second-order valence-corrected chi connectivity index (χ2v) is 12.7. The average Bonchev–Trinajstić information content (AvgIpc) is 3.46. The van der Waals surface area contributed by atoms with Gasteiger partial charge < -0.3 is 4.74 Å². The van der Waals surface area contributed by atoms with Gasteiger partial charge in [-0.3, -0.25) is 14.5 Å². The standard InChI is InChI=1S/C32H32N2O5S/c1-4-39-27-18-25-28(32(36)34(31(25)35)23-8-6-5-7-9-23)26-19-33(40(37,38)24-16-12-21(3)13-17-24)30(29(26)27)22-14-10-20(2)11-15-22/h5-17,25-26,28,30H,4,18-19H2,1-3H3/t25-,26-,28-,30-/m1/s1. The Balaban J connectivity index is 1.51. The first kappa shape index (κ1) is 26.5. The van der Waals surface area contributed by atoms with E-state index < -0.39 is 33.8 Å². The number of ether oxygens (including phenoxy) is 1. The highest BCUT2D eigenvalue weighted by atomic mass is 32.2. The summed E-state index contributed by atoms with van der Waals surface area (Å²) in [5.74, 6) is -1.68. The summed E-state index contributed by atoms with van der Waals surface area (Å²) in [6, 6.07) is 22.9. The first-order valence-electron chi connectivity index (χ1n) is 13.7. The van der Waals surface area contributed by atoms with Gasteiger partial charge in [0.1, 0.15) is 0 Å². The summed E-state index contributed by atoms with van der Waals surface area (Å²) in [6.07, 6.45) is 0.263. The van der Waals surface area contributed by atoms with Crippen LogP contribution in [0.1, 0.15) is 36.1 Å². The van der Waals surface area contributed by atoms with Crippen LogP contribution in [0.4, 0.5) is 5.69 Å². The van der Waals surface area contributed by atoms with Crippen molar-refractivity contribution in [2.45, 2.75) is 38.1 Å². The number of rotatable bonds is 6. The van der Waals surface area contributed by atoms with E-state index in [2.05, 4.69) is 0 Å². The van der Waals surface area contributed by atoms with Gasteiger partial charge in [-0.15, -0.1) is 0 Å².